The van der Waals surface area contributed by atoms with E-state index in [2.05, 4.69) is 27.0 Å². The largest absolute Gasteiger partial charge is 0.477 e. The lowest BCUT2D eigenvalue weighted by Gasteiger charge is -2.17. The average molecular weight is 389 g/mol. The molecule has 0 unspecified atom stereocenters. The number of halogens is 1. The molecule has 4 nitrogen and oxygen atoms in total. The first-order valence-corrected chi connectivity index (χ1v) is 8.86. The lowest BCUT2D eigenvalue weighted by molar-refractivity contribution is 0.0699. The number of aromatic nitrogens is 1. The van der Waals surface area contributed by atoms with Gasteiger partial charge in [0.15, 0.2) is 5.13 Å². The van der Waals surface area contributed by atoms with Crippen molar-refractivity contribution in [3.05, 3.63) is 31.4 Å². The molecule has 0 amide bonds. The van der Waals surface area contributed by atoms with Crippen LogP contribution in [0.25, 0.3) is 0 Å². The molecule has 0 fully saturated rings. The summed E-state index contributed by atoms with van der Waals surface area (Å²) in [5.74, 6) is -0.907. The van der Waals surface area contributed by atoms with Crippen molar-refractivity contribution >= 4 is 49.7 Å². The molecule has 0 aliphatic rings. The Kier molecular flexibility index (Phi) is 4.75. The topological polar surface area (TPSA) is 53.4 Å². The normalized spacial score (nSPS) is 11.7. The monoisotopic (exact) mass is 388 g/mol. The molecule has 2 rings (SSSR count). The molecule has 1 N–H and O–H groups in total. The Morgan fingerprint density at radius 2 is 2.14 bits per heavy atom. The van der Waals surface area contributed by atoms with Gasteiger partial charge in [-0.25, -0.2) is 9.78 Å². The van der Waals surface area contributed by atoms with Crippen molar-refractivity contribution in [2.75, 3.05) is 11.9 Å². The Morgan fingerprint density at radius 3 is 2.57 bits per heavy atom. The number of carboxylic acid groups (broad SMARTS) is 1. The van der Waals surface area contributed by atoms with Crippen LogP contribution in [-0.2, 0) is 12.0 Å². The van der Waals surface area contributed by atoms with E-state index in [0.29, 0.717) is 17.1 Å². The van der Waals surface area contributed by atoms with Gasteiger partial charge >= 0.3 is 5.97 Å². The maximum Gasteiger partial charge on any atom is 0.347 e. The molecule has 2 heterocycles. The van der Waals surface area contributed by atoms with Gasteiger partial charge < -0.3 is 10.0 Å². The number of hydrogen-bond acceptors (Lipinski definition) is 5. The summed E-state index contributed by atoms with van der Waals surface area (Å²) in [5.41, 5.74) is 0.365. The fourth-order valence-electron chi connectivity index (χ4n) is 1.86. The van der Waals surface area contributed by atoms with Crippen LogP contribution in [0.2, 0.25) is 0 Å². The van der Waals surface area contributed by atoms with Crippen LogP contribution < -0.4 is 4.90 Å². The lowest BCUT2D eigenvalue weighted by atomic mass is 9.91. The fraction of sp³-hybridized carbons (Fsp3) is 0.429. The maximum absolute atomic E-state index is 11.4. The zero-order valence-electron chi connectivity index (χ0n) is 12.3. The molecule has 2 aromatic rings. The van der Waals surface area contributed by atoms with Gasteiger partial charge in [0.2, 0.25) is 0 Å². The minimum atomic E-state index is -0.907. The van der Waals surface area contributed by atoms with E-state index in [1.165, 1.54) is 16.2 Å². The second-order valence-corrected chi connectivity index (χ2v) is 8.71. The van der Waals surface area contributed by atoms with Gasteiger partial charge in [0, 0.05) is 27.2 Å². The standard InChI is InChI=1S/C14H17BrN2O2S2/c1-14(2,3)11-10(12(18)19)21-13(16-11)17(4)6-9-5-8(15)7-20-9/h5,7H,6H2,1-4H3,(H,18,19). The van der Waals surface area contributed by atoms with E-state index in [4.69, 9.17) is 0 Å². The van der Waals surface area contributed by atoms with Crippen LogP contribution >= 0.6 is 38.6 Å². The molecule has 0 saturated heterocycles. The molecule has 0 spiro atoms. The Hall–Kier alpha value is -0.920. The average Bonchev–Trinajstić information content (AvgIpc) is 2.94. The van der Waals surface area contributed by atoms with Gasteiger partial charge in [-0.1, -0.05) is 32.1 Å². The summed E-state index contributed by atoms with van der Waals surface area (Å²) in [6.45, 7) is 6.66. The third-order valence-electron chi connectivity index (χ3n) is 2.86. The third kappa shape index (κ3) is 3.84. The lowest BCUT2D eigenvalue weighted by Crippen LogP contribution is -2.18. The summed E-state index contributed by atoms with van der Waals surface area (Å²) in [5, 5.41) is 12.1. The second kappa shape index (κ2) is 6.06. The first-order chi connectivity index (χ1) is 9.68. The SMILES string of the molecule is CN(Cc1cc(Br)cs1)c1nc(C(C)(C)C)c(C(=O)O)s1. The number of anilines is 1. The summed E-state index contributed by atoms with van der Waals surface area (Å²) in [6.07, 6.45) is 0. The zero-order chi connectivity index (χ0) is 15.8. The van der Waals surface area contributed by atoms with Crippen LogP contribution in [0.3, 0.4) is 0 Å². The molecule has 0 aliphatic heterocycles. The molecule has 114 valence electrons. The van der Waals surface area contributed by atoms with Crippen molar-refractivity contribution in [3.8, 4) is 0 Å². The molecule has 0 bridgehead atoms. The van der Waals surface area contributed by atoms with Gasteiger partial charge in [-0.3, -0.25) is 0 Å². The van der Waals surface area contributed by atoms with Crippen LogP contribution in [0.15, 0.2) is 15.9 Å². The first-order valence-electron chi connectivity index (χ1n) is 6.37. The van der Waals surface area contributed by atoms with E-state index >= 15 is 0 Å². The predicted octanol–water partition coefficient (Wildman–Crippen LogP) is 4.60. The van der Waals surface area contributed by atoms with Crippen LogP contribution in [0.4, 0.5) is 5.13 Å². The molecule has 0 saturated carbocycles. The number of aromatic carboxylic acids is 1. The quantitative estimate of drug-likeness (QED) is 0.831. The van der Waals surface area contributed by atoms with Crippen molar-refractivity contribution in [2.45, 2.75) is 32.7 Å². The number of nitrogens with zero attached hydrogens (tertiary/aromatic N) is 2. The summed E-state index contributed by atoms with van der Waals surface area (Å²) in [7, 11) is 1.94. The van der Waals surface area contributed by atoms with Crippen LogP contribution in [0, 0.1) is 0 Å². The van der Waals surface area contributed by atoms with Crippen molar-refractivity contribution in [3.63, 3.8) is 0 Å². The van der Waals surface area contributed by atoms with E-state index in [-0.39, 0.29) is 5.41 Å². The fourth-order valence-corrected chi connectivity index (χ4v) is 4.44. The predicted molar refractivity (Wildman–Crippen MR) is 91.9 cm³/mol. The number of thiazole rings is 1. The maximum atomic E-state index is 11.4. The highest BCUT2D eigenvalue weighted by Gasteiger charge is 2.28. The van der Waals surface area contributed by atoms with E-state index < -0.39 is 5.97 Å². The molecule has 0 radical (unpaired) electrons. The third-order valence-corrected chi connectivity index (χ3v) is 5.70. The van der Waals surface area contributed by atoms with E-state index in [0.717, 1.165) is 9.60 Å². The molecular weight excluding hydrogens is 372 g/mol. The molecule has 0 aromatic carbocycles. The van der Waals surface area contributed by atoms with Gasteiger partial charge in [0.1, 0.15) is 4.88 Å². The zero-order valence-corrected chi connectivity index (χ0v) is 15.5. The summed E-state index contributed by atoms with van der Waals surface area (Å²) >= 11 is 6.34. The van der Waals surface area contributed by atoms with Crippen molar-refractivity contribution < 1.29 is 9.90 Å². The molecule has 7 heteroatoms. The van der Waals surface area contributed by atoms with Crippen molar-refractivity contribution in [1.82, 2.24) is 4.98 Å². The van der Waals surface area contributed by atoms with E-state index in [1.54, 1.807) is 11.3 Å². The van der Waals surface area contributed by atoms with Gasteiger partial charge in [0.05, 0.1) is 12.2 Å². The number of carboxylic acids is 1. The van der Waals surface area contributed by atoms with Gasteiger partial charge in [-0.2, -0.15) is 0 Å². The minimum Gasteiger partial charge on any atom is -0.477 e. The highest BCUT2D eigenvalue weighted by atomic mass is 79.9. The van der Waals surface area contributed by atoms with Gasteiger partial charge in [-0.05, 0) is 22.0 Å². The highest BCUT2D eigenvalue weighted by molar-refractivity contribution is 9.10. The smallest absolute Gasteiger partial charge is 0.347 e. The number of carbonyl (C=O) groups is 1. The van der Waals surface area contributed by atoms with Crippen LogP contribution in [0.5, 0.6) is 0 Å². The van der Waals surface area contributed by atoms with Gasteiger partial charge in [-0.15, -0.1) is 11.3 Å². The van der Waals surface area contributed by atoms with Gasteiger partial charge in [0.25, 0.3) is 0 Å². The number of hydrogen-bond donors (Lipinski definition) is 1. The van der Waals surface area contributed by atoms with Crippen LogP contribution in [-0.4, -0.2) is 23.1 Å². The molecule has 0 atom stereocenters. The molecule has 21 heavy (non-hydrogen) atoms. The Balaban J connectivity index is 2.29. The van der Waals surface area contributed by atoms with Crippen molar-refractivity contribution in [1.29, 1.82) is 0 Å². The Labute approximate surface area is 140 Å². The molecular formula is C14H17BrN2O2S2. The van der Waals surface area contributed by atoms with Crippen LogP contribution in [0.1, 0.15) is 41.0 Å². The molecule has 2 aromatic heterocycles. The van der Waals surface area contributed by atoms with E-state index in [1.807, 2.05) is 38.1 Å². The summed E-state index contributed by atoms with van der Waals surface area (Å²) < 4.78 is 1.07. The number of rotatable bonds is 4. The van der Waals surface area contributed by atoms with Crippen molar-refractivity contribution in [2.24, 2.45) is 0 Å². The second-order valence-electron chi connectivity index (χ2n) is 5.82. The summed E-state index contributed by atoms with van der Waals surface area (Å²) in [4.78, 5) is 19.5. The first kappa shape index (κ1) is 16.5. The minimum absolute atomic E-state index is 0.282. The number of thiophene rings is 1. The van der Waals surface area contributed by atoms with E-state index in [9.17, 15) is 9.90 Å². The molecule has 0 aliphatic carbocycles. The Bertz CT molecular complexity index is 658. The highest BCUT2D eigenvalue weighted by Crippen LogP contribution is 2.34. The summed E-state index contributed by atoms with van der Waals surface area (Å²) in [6, 6.07) is 2.07. The Morgan fingerprint density at radius 1 is 1.48 bits per heavy atom.